The Kier molecular flexibility index (Phi) is 5.27. The van der Waals surface area contributed by atoms with E-state index in [1.807, 2.05) is 25.1 Å². The number of ether oxygens (including phenoxy) is 1. The van der Waals surface area contributed by atoms with Gasteiger partial charge in [0.15, 0.2) is 0 Å². The molecule has 0 heterocycles. The lowest BCUT2D eigenvalue weighted by molar-refractivity contribution is 0.340. The van der Waals surface area contributed by atoms with Gasteiger partial charge in [0, 0.05) is 5.88 Å². The van der Waals surface area contributed by atoms with E-state index in [1.165, 1.54) is 5.57 Å². The number of benzene rings is 1. The standard InChI is InChI=1S/C13H17ClO/c1-3-11(10-14)8-12-6-5-7-13(9-12)15-4-2/h5-9H,3-4,10H2,1-2H3. The van der Waals surface area contributed by atoms with Crippen molar-refractivity contribution in [2.24, 2.45) is 0 Å². The predicted molar refractivity (Wildman–Crippen MR) is 66.6 cm³/mol. The quantitative estimate of drug-likeness (QED) is 0.684. The first-order valence-corrected chi connectivity index (χ1v) is 5.81. The van der Waals surface area contributed by atoms with E-state index in [2.05, 4.69) is 19.1 Å². The first kappa shape index (κ1) is 12.1. The van der Waals surface area contributed by atoms with Crippen molar-refractivity contribution < 1.29 is 4.74 Å². The number of hydrogen-bond acceptors (Lipinski definition) is 1. The Morgan fingerprint density at radius 1 is 1.40 bits per heavy atom. The van der Waals surface area contributed by atoms with Crippen molar-refractivity contribution in [1.82, 2.24) is 0 Å². The second-order valence-corrected chi connectivity index (χ2v) is 3.56. The predicted octanol–water partition coefficient (Wildman–Crippen LogP) is 4.12. The topological polar surface area (TPSA) is 9.23 Å². The van der Waals surface area contributed by atoms with Crippen molar-refractivity contribution in [3.63, 3.8) is 0 Å². The Morgan fingerprint density at radius 2 is 2.20 bits per heavy atom. The Morgan fingerprint density at radius 3 is 2.80 bits per heavy atom. The monoisotopic (exact) mass is 224 g/mol. The zero-order chi connectivity index (χ0) is 11.1. The Bertz CT molecular complexity index is 325. The molecular formula is C13H17ClO. The van der Waals surface area contributed by atoms with Gasteiger partial charge in [-0.2, -0.15) is 0 Å². The fourth-order valence-electron chi connectivity index (χ4n) is 1.33. The van der Waals surface area contributed by atoms with Crippen LogP contribution in [0.4, 0.5) is 0 Å². The van der Waals surface area contributed by atoms with Crippen LogP contribution in [0.5, 0.6) is 5.75 Å². The molecule has 0 amide bonds. The van der Waals surface area contributed by atoms with Crippen LogP contribution in [0, 0.1) is 0 Å². The fourth-order valence-corrected chi connectivity index (χ4v) is 1.60. The number of rotatable bonds is 5. The van der Waals surface area contributed by atoms with E-state index in [4.69, 9.17) is 16.3 Å². The molecule has 0 aliphatic carbocycles. The number of hydrogen-bond donors (Lipinski definition) is 0. The molecule has 1 aromatic carbocycles. The summed E-state index contributed by atoms with van der Waals surface area (Å²) >= 11 is 5.82. The molecule has 82 valence electrons. The zero-order valence-electron chi connectivity index (χ0n) is 9.29. The summed E-state index contributed by atoms with van der Waals surface area (Å²) in [5, 5.41) is 0. The maximum absolute atomic E-state index is 5.82. The number of alkyl halides is 1. The molecule has 2 heteroatoms. The van der Waals surface area contributed by atoms with Gasteiger partial charge in [-0.15, -0.1) is 11.6 Å². The van der Waals surface area contributed by atoms with Gasteiger partial charge < -0.3 is 4.74 Å². The van der Waals surface area contributed by atoms with Gasteiger partial charge in [-0.1, -0.05) is 30.7 Å². The van der Waals surface area contributed by atoms with Crippen LogP contribution in [-0.2, 0) is 0 Å². The van der Waals surface area contributed by atoms with Crippen molar-refractivity contribution in [3.05, 3.63) is 35.4 Å². The highest BCUT2D eigenvalue weighted by molar-refractivity contribution is 6.19. The highest BCUT2D eigenvalue weighted by Crippen LogP contribution is 2.17. The van der Waals surface area contributed by atoms with Crippen LogP contribution in [0.2, 0.25) is 0 Å². The summed E-state index contributed by atoms with van der Waals surface area (Å²) in [6, 6.07) is 8.06. The van der Waals surface area contributed by atoms with Crippen molar-refractivity contribution in [1.29, 1.82) is 0 Å². The Balaban J connectivity index is 2.85. The van der Waals surface area contributed by atoms with E-state index in [0.717, 1.165) is 17.7 Å². The van der Waals surface area contributed by atoms with E-state index in [0.29, 0.717) is 12.5 Å². The summed E-state index contributed by atoms with van der Waals surface area (Å²) < 4.78 is 5.43. The van der Waals surface area contributed by atoms with Crippen LogP contribution in [0.1, 0.15) is 25.8 Å². The van der Waals surface area contributed by atoms with Gasteiger partial charge in [-0.25, -0.2) is 0 Å². The SMILES string of the molecule is CCOc1cccc(C=C(CC)CCl)c1. The van der Waals surface area contributed by atoms with Gasteiger partial charge in [0.1, 0.15) is 5.75 Å². The van der Waals surface area contributed by atoms with Crippen LogP contribution in [-0.4, -0.2) is 12.5 Å². The van der Waals surface area contributed by atoms with Crippen LogP contribution in [0.15, 0.2) is 29.8 Å². The second kappa shape index (κ2) is 6.52. The van der Waals surface area contributed by atoms with Crippen LogP contribution in [0.25, 0.3) is 6.08 Å². The van der Waals surface area contributed by atoms with Crippen LogP contribution < -0.4 is 4.74 Å². The van der Waals surface area contributed by atoms with Gasteiger partial charge >= 0.3 is 0 Å². The molecule has 0 fully saturated rings. The average Bonchev–Trinajstić information content (AvgIpc) is 2.27. The lowest BCUT2D eigenvalue weighted by atomic mass is 10.1. The van der Waals surface area contributed by atoms with Gasteiger partial charge in [0.2, 0.25) is 0 Å². The summed E-state index contributed by atoms with van der Waals surface area (Å²) in [5.41, 5.74) is 2.39. The summed E-state index contributed by atoms with van der Waals surface area (Å²) in [7, 11) is 0. The molecule has 0 radical (unpaired) electrons. The van der Waals surface area contributed by atoms with Gasteiger partial charge in [0.25, 0.3) is 0 Å². The van der Waals surface area contributed by atoms with Gasteiger partial charge in [-0.05, 0) is 31.0 Å². The summed E-state index contributed by atoms with van der Waals surface area (Å²) in [6.45, 7) is 4.79. The molecule has 1 aromatic rings. The molecule has 0 spiro atoms. The minimum atomic E-state index is 0.593. The molecule has 15 heavy (non-hydrogen) atoms. The molecular weight excluding hydrogens is 208 g/mol. The van der Waals surface area contributed by atoms with Crippen LogP contribution >= 0.6 is 11.6 Å². The molecule has 0 atom stereocenters. The molecule has 0 bridgehead atoms. The minimum absolute atomic E-state index is 0.593. The molecule has 0 aliphatic heterocycles. The van der Waals surface area contributed by atoms with E-state index >= 15 is 0 Å². The van der Waals surface area contributed by atoms with E-state index < -0.39 is 0 Å². The average molecular weight is 225 g/mol. The highest BCUT2D eigenvalue weighted by Gasteiger charge is 1.96. The molecule has 0 N–H and O–H groups in total. The van der Waals surface area contributed by atoms with Gasteiger partial charge in [0.05, 0.1) is 6.61 Å². The lowest BCUT2D eigenvalue weighted by Gasteiger charge is -2.04. The maximum atomic E-state index is 5.82. The fraction of sp³-hybridized carbons (Fsp3) is 0.385. The molecule has 1 rings (SSSR count). The third-order valence-electron chi connectivity index (χ3n) is 2.17. The number of halogens is 1. The summed E-state index contributed by atoms with van der Waals surface area (Å²) in [6.07, 6.45) is 3.11. The lowest BCUT2D eigenvalue weighted by Crippen LogP contribution is -1.91. The minimum Gasteiger partial charge on any atom is -0.494 e. The summed E-state index contributed by atoms with van der Waals surface area (Å²) in [4.78, 5) is 0. The first-order chi connectivity index (χ1) is 7.30. The maximum Gasteiger partial charge on any atom is 0.119 e. The van der Waals surface area contributed by atoms with E-state index in [-0.39, 0.29) is 0 Å². The smallest absolute Gasteiger partial charge is 0.119 e. The van der Waals surface area contributed by atoms with Crippen molar-refractivity contribution >= 4 is 17.7 Å². The molecule has 0 saturated carbocycles. The zero-order valence-corrected chi connectivity index (χ0v) is 10.1. The third kappa shape index (κ3) is 3.96. The molecule has 0 aromatic heterocycles. The van der Waals surface area contributed by atoms with Crippen molar-refractivity contribution in [2.75, 3.05) is 12.5 Å². The molecule has 0 aliphatic rings. The van der Waals surface area contributed by atoms with E-state index in [9.17, 15) is 0 Å². The third-order valence-corrected chi connectivity index (χ3v) is 2.51. The van der Waals surface area contributed by atoms with Gasteiger partial charge in [-0.3, -0.25) is 0 Å². The van der Waals surface area contributed by atoms with Crippen molar-refractivity contribution in [2.45, 2.75) is 20.3 Å². The molecule has 0 unspecified atom stereocenters. The highest BCUT2D eigenvalue weighted by atomic mass is 35.5. The van der Waals surface area contributed by atoms with Crippen molar-refractivity contribution in [3.8, 4) is 5.75 Å². The largest absolute Gasteiger partial charge is 0.494 e. The Labute approximate surface area is 96.7 Å². The second-order valence-electron chi connectivity index (χ2n) is 3.30. The van der Waals surface area contributed by atoms with Crippen LogP contribution in [0.3, 0.4) is 0 Å². The number of allylic oxidation sites excluding steroid dienone is 1. The molecule has 1 nitrogen and oxygen atoms in total. The first-order valence-electron chi connectivity index (χ1n) is 5.28. The molecule has 0 saturated heterocycles. The normalized spacial score (nSPS) is 11.5. The Hall–Kier alpha value is -0.950. The van der Waals surface area contributed by atoms with E-state index in [1.54, 1.807) is 0 Å². The summed E-state index contributed by atoms with van der Waals surface area (Å²) in [5.74, 6) is 1.51.